The summed E-state index contributed by atoms with van der Waals surface area (Å²) in [4.78, 5) is 3.14. The molecule has 0 saturated heterocycles. The van der Waals surface area contributed by atoms with Crippen molar-refractivity contribution in [2.24, 2.45) is 0 Å². The fourth-order valence-corrected chi connectivity index (χ4v) is 1.58. The molecule has 0 unspecified atom stereocenters. The van der Waals surface area contributed by atoms with Crippen LogP contribution in [-0.4, -0.2) is 4.98 Å². The fourth-order valence-electron chi connectivity index (χ4n) is 0.404. The van der Waals surface area contributed by atoms with E-state index in [9.17, 15) is 0 Å². The molecule has 0 amide bonds. The van der Waals surface area contributed by atoms with Gasteiger partial charge in [-0.05, 0) is 0 Å². The maximum atomic E-state index is 3.14. The normalized spacial score (nSPS) is 9.86. The van der Waals surface area contributed by atoms with E-state index in [1.165, 1.54) is 4.21 Å². The first kappa shape index (κ1) is 5.07. The van der Waals surface area contributed by atoms with Gasteiger partial charge in [-0.1, -0.05) is 0 Å². The molecule has 0 fully saturated rings. The Hall–Kier alpha value is -0.0706. The van der Waals surface area contributed by atoms with E-state index in [0.29, 0.717) is 0 Å². The second-order valence-electron chi connectivity index (χ2n) is 1.16. The van der Waals surface area contributed by atoms with E-state index < -0.39 is 0 Å². The molecule has 1 nitrogen and oxygen atoms in total. The predicted octanol–water partition coefficient (Wildman–Crippen LogP) is 0.771. The van der Waals surface area contributed by atoms with Crippen molar-refractivity contribution >= 4 is 4.21 Å². The van der Waals surface area contributed by atoms with Crippen molar-refractivity contribution in [1.82, 2.24) is 4.98 Å². The van der Waals surface area contributed by atoms with Crippen LogP contribution in [0.3, 0.4) is 0 Å². The van der Waals surface area contributed by atoms with Crippen LogP contribution in [0.2, 0.25) is 5.44 Å². The molecule has 1 aromatic rings. The number of hydrogen-bond acceptors (Lipinski definition) is 0. The number of nitrogens with one attached hydrogen (secondary N) is 1. The summed E-state index contributed by atoms with van der Waals surface area (Å²) in [7, 11) is 0. The first-order valence-electron chi connectivity index (χ1n) is 1.99. The molecule has 1 heterocycles. The second kappa shape index (κ2) is 2.29. The molecule has 0 aromatic carbocycles. The Labute approximate surface area is 51.1 Å². The number of H-pyrrole nitrogens is 1. The number of aromatic nitrogens is 1. The van der Waals surface area contributed by atoms with Gasteiger partial charge in [0.15, 0.2) is 0 Å². The zero-order valence-electron chi connectivity index (χ0n) is 4.07. The molecular weight excluding hydrogens is 266 g/mol. The molecule has 0 bridgehead atoms. The Bertz CT molecular complexity index is 123. The van der Waals surface area contributed by atoms with E-state index in [1.807, 2.05) is 12.3 Å². The third-order valence-corrected chi connectivity index (χ3v) is 2.76. The molecule has 0 spiro atoms. The third kappa shape index (κ3) is 1.15. The van der Waals surface area contributed by atoms with Gasteiger partial charge in [0.2, 0.25) is 0 Å². The Morgan fingerprint density at radius 2 is 2.57 bits per heavy atom. The molecule has 0 aliphatic carbocycles. The Kier molecular flexibility index (Phi) is 1.66. The molecule has 0 aliphatic rings. The summed E-state index contributed by atoms with van der Waals surface area (Å²) in [5.41, 5.74) is 2.26. The van der Waals surface area contributed by atoms with E-state index in [0.717, 1.165) is 0 Å². The van der Waals surface area contributed by atoms with Gasteiger partial charge in [-0.25, -0.2) is 0 Å². The molecule has 0 aliphatic heterocycles. The van der Waals surface area contributed by atoms with Gasteiger partial charge in [-0.2, -0.15) is 0 Å². The first-order chi connectivity index (χ1) is 3.43. The zero-order valence-corrected chi connectivity index (χ0v) is 6.46. The molecular formula is C5H7IrN. The van der Waals surface area contributed by atoms with Crippen LogP contribution in [0.15, 0.2) is 18.3 Å². The Balaban J connectivity index is 2.76. The van der Waals surface area contributed by atoms with Crippen LogP contribution in [0.1, 0.15) is 0 Å². The minimum absolute atomic E-state index is 0.181. The van der Waals surface area contributed by atoms with Gasteiger partial charge in [0, 0.05) is 0 Å². The van der Waals surface area contributed by atoms with E-state index >= 15 is 0 Å². The predicted molar refractivity (Wildman–Crippen MR) is 26.3 cm³/mol. The van der Waals surface area contributed by atoms with E-state index in [1.54, 1.807) is 0 Å². The maximum absolute atomic E-state index is 3.14. The van der Waals surface area contributed by atoms with Crippen molar-refractivity contribution in [3.05, 3.63) is 18.3 Å². The van der Waals surface area contributed by atoms with E-state index in [2.05, 4.69) is 16.5 Å². The van der Waals surface area contributed by atoms with Crippen LogP contribution in [0.25, 0.3) is 0 Å². The standard InChI is InChI=1S/C4H4N.CH3.Ir/c1-2-4-5-3-1;;/h1-3,5H;1H3;. The minimum atomic E-state index is 0.181. The van der Waals surface area contributed by atoms with Gasteiger partial charge in [0.25, 0.3) is 0 Å². The van der Waals surface area contributed by atoms with Gasteiger partial charge in [-0.3, -0.25) is 0 Å². The van der Waals surface area contributed by atoms with Gasteiger partial charge >= 0.3 is 50.7 Å². The van der Waals surface area contributed by atoms with Crippen molar-refractivity contribution in [3.8, 4) is 0 Å². The molecule has 0 radical (unpaired) electrons. The fraction of sp³-hybridized carbons (Fsp3) is 0.200. The van der Waals surface area contributed by atoms with Crippen LogP contribution in [0, 0.1) is 0 Å². The van der Waals surface area contributed by atoms with Crippen molar-refractivity contribution in [3.63, 3.8) is 0 Å². The summed E-state index contributed by atoms with van der Waals surface area (Å²) >= 11 is 0.181. The summed E-state index contributed by atoms with van der Waals surface area (Å²) < 4.78 is 1.43. The van der Waals surface area contributed by atoms with Gasteiger partial charge in [0.1, 0.15) is 0 Å². The molecule has 0 atom stereocenters. The summed E-state index contributed by atoms with van der Waals surface area (Å²) in [5.74, 6) is 0. The average Bonchev–Trinajstić information content (AvgIpc) is 2.14. The van der Waals surface area contributed by atoms with Crippen LogP contribution < -0.4 is 4.21 Å². The monoisotopic (exact) mass is 274 g/mol. The quantitative estimate of drug-likeness (QED) is 0.778. The van der Waals surface area contributed by atoms with Crippen molar-refractivity contribution < 1.29 is 17.7 Å². The number of aromatic amines is 1. The first-order valence-corrected chi connectivity index (χ1v) is 5.59. The van der Waals surface area contributed by atoms with Gasteiger partial charge < -0.3 is 0 Å². The Morgan fingerprint density at radius 1 is 1.71 bits per heavy atom. The van der Waals surface area contributed by atoms with E-state index in [4.69, 9.17) is 0 Å². The SMILES string of the molecule is [CH3][Ir][c]1ccc[nH]1. The summed E-state index contributed by atoms with van der Waals surface area (Å²) in [6.07, 6.45) is 1.97. The van der Waals surface area contributed by atoms with Crippen LogP contribution in [-0.2, 0) is 17.7 Å². The summed E-state index contributed by atoms with van der Waals surface area (Å²) in [6, 6.07) is 4.18. The van der Waals surface area contributed by atoms with Crippen LogP contribution >= 0.6 is 0 Å². The zero-order chi connectivity index (χ0) is 5.11. The molecule has 1 rings (SSSR count). The average molecular weight is 273 g/mol. The molecule has 0 saturated carbocycles. The number of hydrogen-bond donors (Lipinski definition) is 1. The number of rotatable bonds is 1. The van der Waals surface area contributed by atoms with Crippen molar-refractivity contribution in [2.45, 2.75) is 5.44 Å². The van der Waals surface area contributed by atoms with Crippen molar-refractivity contribution in [2.75, 3.05) is 0 Å². The molecule has 2 heteroatoms. The topological polar surface area (TPSA) is 15.8 Å². The van der Waals surface area contributed by atoms with Gasteiger partial charge in [0.05, 0.1) is 0 Å². The van der Waals surface area contributed by atoms with Crippen LogP contribution in [0.5, 0.6) is 0 Å². The van der Waals surface area contributed by atoms with Crippen molar-refractivity contribution in [1.29, 1.82) is 0 Å². The summed E-state index contributed by atoms with van der Waals surface area (Å²) in [6.45, 7) is 0. The van der Waals surface area contributed by atoms with Crippen LogP contribution in [0.4, 0.5) is 0 Å². The van der Waals surface area contributed by atoms with Gasteiger partial charge in [-0.15, -0.1) is 0 Å². The third-order valence-electron chi connectivity index (χ3n) is 0.726. The molecule has 1 aromatic heterocycles. The molecule has 1 N–H and O–H groups in total. The summed E-state index contributed by atoms with van der Waals surface area (Å²) in [5, 5.41) is 0. The molecule has 7 heavy (non-hydrogen) atoms. The molecule has 41 valence electrons. The second-order valence-corrected chi connectivity index (χ2v) is 3.65. The van der Waals surface area contributed by atoms with E-state index in [-0.39, 0.29) is 17.7 Å². The Morgan fingerprint density at radius 3 is 2.86 bits per heavy atom.